The summed E-state index contributed by atoms with van der Waals surface area (Å²) in [6.45, 7) is 4.28. The lowest BCUT2D eigenvalue weighted by Gasteiger charge is -2.03. The number of nitrogens with zero attached hydrogens (tertiary/aromatic N) is 2. The van der Waals surface area contributed by atoms with E-state index in [-0.39, 0.29) is 0 Å². The van der Waals surface area contributed by atoms with Crippen LogP contribution in [0.4, 0.5) is 0 Å². The molecule has 0 unspecified atom stereocenters. The molecule has 0 aliphatic carbocycles. The molecule has 1 N–H and O–H groups in total. The predicted octanol–water partition coefficient (Wildman–Crippen LogP) is 2.10. The topological polar surface area (TPSA) is 29.9 Å². The number of nitrogens with one attached hydrogen (secondary N) is 1. The smallest absolute Gasteiger partial charge is 0.0534 e. The average Bonchev–Trinajstić information content (AvgIpc) is 2.58. The molecule has 1 aromatic rings. The van der Waals surface area contributed by atoms with Crippen LogP contribution >= 0.6 is 23.2 Å². The monoisotopic (exact) mass is 233 g/mol. The van der Waals surface area contributed by atoms with Gasteiger partial charge >= 0.3 is 0 Å². The van der Waals surface area contributed by atoms with Crippen LogP contribution < -0.4 is 5.32 Å². The minimum atomic E-state index is 0.602. The van der Waals surface area contributed by atoms with Crippen molar-refractivity contribution < 1.29 is 0 Å². The van der Waals surface area contributed by atoms with E-state index in [1.807, 2.05) is 24.0 Å². The first-order chi connectivity index (χ1) is 6.72. The molecule has 0 amide bonds. The van der Waals surface area contributed by atoms with Gasteiger partial charge in [0.1, 0.15) is 0 Å². The quantitative estimate of drug-likeness (QED) is 0.790. The third-order valence-corrected chi connectivity index (χ3v) is 2.31. The van der Waals surface area contributed by atoms with E-state index in [1.54, 1.807) is 0 Å². The highest BCUT2D eigenvalue weighted by Crippen LogP contribution is 2.00. The fourth-order valence-electron chi connectivity index (χ4n) is 1.03. The largest absolute Gasteiger partial charge is 0.310 e. The molecular weight excluding hydrogens is 221 g/mol. The van der Waals surface area contributed by atoms with Crippen LogP contribution in [0.2, 0.25) is 0 Å². The molecule has 14 heavy (non-hydrogen) atoms. The molecule has 78 valence electrons. The molecular formula is C9H13Cl2N3. The zero-order chi connectivity index (χ0) is 10.4. The van der Waals surface area contributed by atoms with Crippen molar-refractivity contribution in [1.29, 1.82) is 0 Å². The second kappa shape index (κ2) is 6.06. The van der Waals surface area contributed by atoms with Crippen LogP contribution in [0, 0.1) is 6.92 Å². The second-order valence-electron chi connectivity index (χ2n) is 3.01. The molecule has 1 heterocycles. The Morgan fingerprint density at radius 3 is 3.07 bits per heavy atom. The highest BCUT2D eigenvalue weighted by atomic mass is 35.5. The third kappa shape index (κ3) is 4.13. The van der Waals surface area contributed by atoms with Crippen molar-refractivity contribution in [2.45, 2.75) is 13.5 Å². The maximum Gasteiger partial charge on any atom is 0.0534 e. The molecule has 0 bridgehead atoms. The van der Waals surface area contributed by atoms with Crippen molar-refractivity contribution in [3.63, 3.8) is 0 Å². The summed E-state index contributed by atoms with van der Waals surface area (Å²) in [6.07, 6.45) is 3.84. The summed E-state index contributed by atoms with van der Waals surface area (Å²) < 4.78 is 1.89. The summed E-state index contributed by atoms with van der Waals surface area (Å²) in [6, 6.07) is 0. The van der Waals surface area contributed by atoms with Crippen molar-refractivity contribution in [2.75, 3.05) is 13.1 Å². The van der Waals surface area contributed by atoms with Gasteiger partial charge in [0.25, 0.3) is 0 Å². The Hall–Kier alpha value is -0.510. The van der Waals surface area contributed by atoms with Crippen LogP contribution in [0.1, 0.15) is 5.56 Å². The molecule has 0 aromatic carbocycles. The number of aryl methyl sites for hydroxylation is 1. The Bertz CT molecular complexity index is 307. The van der Waals surface area contributed by atoms with E-state index in [9.17, 15) is 0 Å². The predicted molar refractivity (Wildman–Crippen MR) is 59.6 cm³/mol. The molecule has 0 saturated carbocycles. The maximum atomic E-state index is 5.70. The van der Waals surface area contributed by atoms with Gasteiger partial charge in [-0.25, -0.2) is 0 Å². The van der Waals surface area contributed by atoms with Gasteiger partial charge in [0.05, 0.1) is 12.7 Å². The van der Waals surface area contributed by atoms with Crippen molar-refractivity contribution in [3.05, 3.63) is 28.5 Å². The van der Waals surface area contributed by atoms with Gasteiger partial charge in [-0.3, -0.25) is 4.68 Å². The van der Waals surface area contributed by atoms with Crippen LogP contribution in [-0.4, -0.2) is 22.9 Å². The summed E-state index contributed by atoms with van der Waals surface area (Å²) in [7, 11) is 0. The molecule has 0 saturated heterocycles. The zero-order valence-corrected chi connectivity index (χ0v) is 9.52. The molecule has 0 aliphatic rings. The van der Waals surface area contributed by atoms with E-state index >= 15 is 0 Å². The Balaban J connectivity index is 2.16. The number of aromatic nitrogens is 2. The zero-order valence-electron chi connectivity index (χ0n) is 8.00. The van der Waals surface area contributed by atoms with E-state index in [0.29, 0.717) is 11.6 Å². The maximum absolute atomic E-state index is 5.70. The molecule has 1 aromatic heterocycles. The summed E-state index contributed by atoms with van der Waals surface area (Å²) in [5, 5.41) is 7.92. The van der Waals surface area contributed by atoms with Gasteiger partial charge in [-0.05, 0) is 12.5 Å². The van der Waals surface area contributed by atoms with Gasteiger partial charge in [-0.1, -0.05) is 23.2 Å². The Morgan fingerprint density at radius 1 is 1.71 bits per heavy atom. The summed E-state index contributed by atoms with van der Waals surface area (Å²) in [5.41, 5.74) is 2.54. The number of hydrogen-bond donors (Lipinski definition) is 1. The van der Waals surface area contributed by atoms with Crippen LogP contribution in [0.25, 0.3) is 0 Å². The first-order valence-corrected chi connectivity index (χ1v) is 5.18. The van der Waals surface area contributed by atoms with E-state index < -0.39 is 0 Å². The highest BCUT2D eigenvalue weighted by molar-refractivity contribution is 6.36. The summed E-state index contributed by atoms with van der Waals surface area (Å²) >= 11 is 11.1. The van der Waals surface area contributed by atoms with Crippen LogP contribution in [0.5, 0.6) is 0 Å². The van der Waals surface area contributed by atoms with Crippen LogP contribution in [0.15, 0.2) is 23.0 Å². The van der Waals surface area contributed by atoms with E-state index in [0.717, 1.165) is 13.1 Å². The molecule has 5 heteroatoms. The minimum Gasteiger partial charge on any atom is -0.310 e. The van der Waals surface area contributed by atoms with Crippen molar-refractivity contribution >= 4 is 23.2 Å². The SMILES string of the molecule is Cc1cnn(CCNCC(Cl)=CCl)c1. The molecule has 0 fully saturated rings. The number of rotatable bonds is 5. The molecule has 0 radical (unpaired) electrons. The number of hydrogen-bond acceptors (Lipinski definition) is 2. The molecule has 0 spiro atoms. The van der Waals surface area contributed by atoms with Gasteiger partial charge in [0.15, 0.2) is 0 Å². The van der Waals surface area contributed by atoms with Gasteiger partial charge in [-0.15, -0.1) is 0 Å². The minimum absolute atomic E-state index is 0.602. The Morgan fingerprint density at radius 2 is 2.50 bits per heavy atom. The lowest BCUT2D eigenvalue weighted by atomic mass is 10.4. The fourth-order valence-corrected chi connectivity index (χ4v) is 1.20. The van der Waals surface area contributed by atoms with E-state index in [2.05, 4.69) is 10.4 Å². The Kier molecular flexibility index (Phi) is 5.01. The molecule has 1 rings (SSSR count). The molecule has 0 aliphatic heterocycles. The van der Waals surface area contributed by atoms with Crippen molar-refractivity contribution in [2.24, 2.45) is 0 Å². The summed E-state index contributed by atoms with van der Waals surface area (Å²) in [4.78, 5) is 0. The lowest BCUT2D eigenvalue weighted by Crippen LogP contribution is -2.21. The number of halogens is 2. The van der Waals surface area contributed by atoms with Crippen molar-refractivity contribution in [3.8, 4) is 0 Å². The summed E-state index contributed by atoms with van der Waals surface area (Å²) in [5.74, 6) is 0. The first-order valence-electron chi connectivity index (χ1n) is 4.37. The second-order valence-corrected chi connectivity index (χ2v) is 3.72. The Labute approximate surface area is 93.7 Å². The normalized spacial score (nSPS) is 12.1. The third-order valence-electron chi connectivity index (χ3n) is 1.69. The molecule has 0 atom stereocenters. The van der Waals surface area contributed by atoms with Crippen LogP contribution in [-0.2, 0) is 6.54 Å². The van der Waals surface area contributed by atoms with Gasteiger partial charge in [-0.2, -0.15) is 5.10 Å². The van der Waals surface area contributed by atoms with Gasteiger partial charge in [0, 0.05) is 29.9 Å². The van der Waals surface area contributed by atoms with Crippen LogP contribution in [0.3, 0.4) is 0 Å². The van der Waals surface area contributed by atoms with Crippen molar-refractivity contribution in [1.82, 2.24) is 15.1 Å². The van der Waals surface area contributed by atoms with Gasteiger partial charge in [0.2, 0.25) is 0 Å². The van der Waals surface area contributed by atoms with Gasteiger partial charge < -0.3 is 5.32 Å². The average molecular weight is 234 g/mol. The lowest BCUT2D eigenvalue weighted by molar-refractivity contribution is 0.571. The molecule has 3 nitrogen and oxygen atoms in total. The first kappa shape index (κ1) is 11.6. The standard InChI is InChI=1S/C9H13Cl2N3/c1-8-5-13-14(7-8)3-2-12-6-9(11)4-10/h4-5,7,12H,2-3,6H2,1H3. The highest BCUT2D eigenvalue weighted by Gasteiger charge is 1.94. The van der Waals surface area contributed by atoms with E-state index in [4.69, 9.17) is 23.2 Å². The van der Waals surface area contributed by atoms with E-state index in [1.165, 1.54) is 11.1 Å². The fraction of sp³-hybridized carbons (Fsp3) is 0.444.